The van der Waals surface area contributed by atoms with Gasteiger partial charge in [-0.1, -0.05) is 127 Å². The average Bonchev–Trinajstić information content (AvgIpc) is 4.01. The van der Waals surface area contributed by atoms with E-state index < -0.39 is 0 Å². The molecular formula is C57H34N4OS. The smallest absolute Gasteiger partial charge is 0.166 e. The zero-order chi connectivity index (χ0) is 41.2. The fraction of sp³-hybridized carbons (Fsp3) is 0.0351. The molecule has 13 aromatic rings. The molecule has 294 valence electrons. The second-order valence-corrected chi connectivity index (χ2v) is 17.7. The summed E-state index contributed by atoms with van der Waals surface area (Å²) in [6, 6.07) is 60.9. The molecule has 63 heavy (non-hydrogen) atoms. The van der Waals surface area contributed by atoms with Crippen molar-refractivity contribution in [1.29, 1.82) is 0 Å². The minimum atomic E-state index is 0.597. The quantitative estimate of drug-likeness (QED) is 0.177. The molecule has 0 N–H and O–H groups in total. The first-order valence-corrected chi connectivity index (χ1v) is 22.3. The van der Waals surface area contributed by atoms with Gasteiger partial charge in [-0.3, -0.25) is 0 Å². The van der Waals surface area contributed by atoms with Crippen molar-refractivity contribution >= 4 is 103 Å². The Hall–Kier alpha value is -7.93. The highest BCUT2D eigenvalue weighted by atomic mass is 32.1. The van der Waals surface area contributed by atoms with E-state index in [9.17, 15) is 0 Å². The molecule has 6 heteroatoms. The van der Waals surface area contributed by atoms with Crippen molar-refractivity contribution in [3.63, 3.8) is 0 Å². The molecule has 0 radical (unpaired) electrons. The van der Waals surface area contributed by atoms with Gasteiger partial charge in [0.15, 0.2) is 17.5 Å². The molecule has 0 aliphatic heterocycles. The Bertz CT molecular complexity index is 4110. The molecule has 0 spiro atoms. The number of furan rings is 1. The Morgan fingerprint density at radius 1 is 0.476 bits per heavy atom. The number of aromatic nitrogens is 4. The summed E-state index contributed by atoms with van der Waals surface area (Å²) >= 11 is 1.79. The van der Waals surface area contributed by atoms with Crippen molar-refractivity contribution in [2.45, 2.75) is 12.8 Å². The third-order valence-corrected chi connectivity index (χ3v) is 14.3. The van der Waals surface area contributed by atoms with Crippen LogP contribution in [0.15, 0.2) is 180 Å². The Labute approximate surface area is 364 Å². The standard InChI is InChI=1S/C57H34N4OS/c1-3-16-36-31-48-45(29-34(36)14-1)39-20-7-9-25-47(39)61(48)53-43(27-28-49-52(53)46-30-35-15-2-4-17-37(35)32-50(46)62-49)56-58-55(42-23-11-18-33-13-5-6-19-38(33)42)59-57(60-56)44-24-12-22-41-40-21-8-10-26-51(40)63-54(41)44/h1,3-14,16-32H,2,15H2. The third-order valence-electron chi connectivity index (χ3n) is 13.1. The summed E-state index contributed by atoms with van der Waals surface area (Å²) in [6.45, 7) is 0. The lowest BCUT2D eigenvalue weighted by atomic mass is 9.94. The number of benzene rings is 9. The number of allylic oxidation sites excluding steroid dienone is 1. The summed E-state index contributed by atoms with van der Waals surface area (Å²) in [5, 5.41) is 11.5. The monoisotopic (exact) mass is 822 g/mol. The summed E-state index contributed by atoms with van der Waals surface area (Å²) in [6.07, 6.45) is 6.49. The minimum absolute atomic E-state index is 0.597. The van der Waals surface area contributed by atoms with Crippen LogP contribution in [0.2, 0.25) is 0 Å². The molecule has 5 nitrogen and oxygen atoms in total. The Morgan fingerprint density at radius 3 is 2.05 bits per heavy atom. The van der Waals surface area contributed by atoms with Crippen molar-refractivity contribution in [3.05, 3.63) is 187 Å². The van der Waals surface area contributed by atoms with Gasteiger partial charge in [0.05, 0.1) is 22.1 Å². The van der Waals surface area contributed by atoms with Gasteiger partial charge < -0.3 is 8.98 Å². The largest absolute Gasteiger partial charge is 0.456 e. The minimum Gasteiger partial charge on any atom is -0.456 e. The van der Waals surface area contributed by atoms with E-state index in [0.29, 0.717) is 17.5 Å². The molecule has 0 bridgehead atoms. The van der Waals surface area contributed by atoms with Crippen LogP contribution in [-0.2, 0) is 6.42 Å². The maximum Gasteiger partial charge on any atom is 0.166 e. The molecule has 0 atom stereocenters. The van der Waals surface area contributed by atoms with Gasteiger partial charge in [0.1, 0.15) is 11.2 Å². The van der Waals surface area contributed by atoms with Gasteiger partial charge in [0, 0.05) is 53.0 Å². The van der Waals surface area contributed by atoms with E-state index in [1.165, 1.54) is 48.1 Å². The third kappa shape index (κ3) is 5.19. The number of thiophene rings is 1. The molecule has 0 saturated heterocycles. The van der Waals surface area contributed by atoms with Gasteiger partial charge >= 0.3 is 0 Å². The van der Waals surface area contributed by atoms with Gasteiger partial charge in [0.2, 0.25) is 0 Å². The van der Waals surface area contributed by atoms with Crippen LogP contribution in [-0.4, -0.2) is 19.5 Å². The molecule has 0 amide bonds. The summed E-state index contributed by atoms with van der Waals surface area (Å²) in [5.74, 6) is 1.86. The molecule has 0 fully saturated rings. The van der Waals surface area contributed by atoms with E-state index in [2.05, 4.69) is 187 Å². The van der Waals surface area contributed by atoms with E-state index in [1.54, 1.807) is 11.3 Å². The topological polar surface area (TPSA) is 56.7 Å². The summed E-state index contributed by atoms with van der Waals surface area (Å²) in [7, 11) is 0. The number of nitrogens with zero attached hydrogens (tertiary/aromatic N) is 4. The normalized spacial score (nSPS) is 12.9. The van der Waals surface area contributed by atoms with Crippen LogP contribution in [0.1, 0.15) is 17.5 Å². The van der Waals surface area contributed by atoms with E-state index in [-0.39, 0.29) is 0 Å². The predicted molar refractivity (Wildman–Crippen MR) is 263 cm³/mol. The van der Waals surface area contributed by atoms with Crippen LogP contribution in [0.4, 0.5) is 0 Å². The fourth-order valence-corrected chi connectivity index (χ4v) is 11.4. The molecule has 4 heterocycles. The molecule has 0 unspecified atom stereocenters. The van der Waals surface area contributed by atoms with Gasteiger partial charge in [-0.2, -0.15) is 0 Å². The number of fused-ring (bicyclic) bond motifs is 12. The highest BCUT2D eigenvalue weighted by Gasteiger charge is 2.26. The maximum absolute atomic E-state index is 6.85. The van der Waals surface area contributed by atoms with Crippen LogP contribution in [0.5, 0.6) is 0 Å². The molecule has 0 saturated carbocycles. The Morgan fingerprint density at radius 2 is 1.16 bits per heavy atom. The lowest BCUT2D eigenvalue weighted by Gasteiger charge is -2.17. The average molecular weight is 823 g/mol. The van der Waals surface area contributed by atoms with Crippen LogP contribution in [0, 0.1) is 0 Å². The van der Waals surface area contributed by atoms with Gasteiger partial charge in [0.25, 0.3) is 0 Å². The van der Waals surface area contributed by atoms with Gasteiger partial charge in [-0.15, -0.1) is 11.3 Å². The van der Waals surface area contributed by atoms with E-state index in [1.807, 2.05) is 0 Å². The fourth-order valence-electron chi connectivity index (χ4n) is 10.2. The number of hydrogen-bond donors (Lipinski definition) is 0. The van der Waals surface area contributed by atoms with Gasteiger partial charge in [-0.25, -0.2) is 15.0 Å². The molecule has 9 aromatic carbocycles. The summed E-state index contributed by atoms with van der Waals surface area (Å²) < 4.78 is 11.7. The van der Waals surface area contributed by atoms with E-state index in [4.69, 9.17) is 19.4 Å². The molecule has 1 aliphatic carbocycles. The van der Waals surface area contributed by atoms with E-state index in [0.717, 1.165) is 83.7 Å². The lowest BCUT2D eigenvalue weighted by molar-refractivity contribution is 0.668. The summed E-state index contributed by atoms with van der Waals surface area (Å²) in [5.41, 5.74) is 10.3. The second kappa shape index (κ2) is 13.3. The first kappa shape index (κ1) is 34.7. The number of rotatable bonds is 4. The van der Waals surface area contributed by atoms with Crippen LogP contribution >= 0.6 is 11.3 Å². The van der Waals surface area contributed by atoms with Gasteiger partial charge in [-0.05, 0) is 100 Å². The molecule has 4 aromatic heterocycles. The zero-order valence-corrected chi connectivity index (χ0v) is 34.7. The van der Waals surface area contributed by atoms with Crippen LogP contribution < -0.4 is 0 Å². The zero-order valence-electron chi connectivity index (χ0n) is 33.8. The van der Waals surface area contributed by atoms with Crippen molar-refractivity contribution in [2.24, 2.45) is 0 Å². The first-order chi connectivity index (χ1) is 31.2. The van der Waals surface area contributed by atoms with Crippen molar-refractivity contribution in [1.82, 2.24) is 19.5 Å². The highest BCUT2D eigenvalue weighted by molar-refractivity contribution is 7.26. The second-order valence-electron chi connectivity index (χ2n) is 16.6. The molecule has 1 aliphatic rings. The number of aryl methyl sites for hydroxylation is 1. The predicted octanol–water partition coefficient (Wildman–Crippen LogP) is 15.5. The molecular weight excluding hydrogens is 789 g/mol. The van der Waals surface area contributed by atoms with E-state index >= 15 is 0 Å². The van der Waals surface area contributed by atoms with Crippen LogP contribution in [0.25, 0.3) is 131 Å². The van der Waals surface area contributed by atoms with Crippen molar-refractivity contribution in [3.8, 4) is 39.9 Å². The highest BCUT2D eigenvalue weighted by Crippen LogP contribution is 2.46. The Kier molecular flexibility index (Phi) is 7.33. The lowest BCUT2D eigenvalue weighted by Crippen LogP contribution is -2.04. The SMILES string of the molecule is C1=Cc2cc3oc4ccc(-c5nc(-c6cccc7ccccc67)nc(-c6cccc7c6sc6ccccc67)n5)c(-n5c6ccccc6c6cc7ccccc7cc65)c4c3cc2CC1. The first-order valence-electron chi connectivity index (χ1n) is 21.5. The number of hydrogen-bond acceptors (Lipinski definition) is 5. The molecule has 14 rings (SSSR count). The number of para-hydroxylation sites is 1. The van der Waals surface area contributed by atoms with Crippen molar-refractivity contribution in [2.75, 3.05) is 0 Å². The summed E-state index contributed by atoms with van der Waals surface area (Å²) in [4.78, 5) is 16.5. The Balaban J connectivity index is 1.14. The van der Waals surface area contributed by atoms with Crippen LogP contribution in [0.3, 0.4) is 0 Å². The maximum atomic E-state index is 6.85. The van der Waals surface area contributed by atoms with Crippen molar-refractivity contribution < 1.29 is 4.42 Å².